The number of nitrogens with zero attached hydrogens (tertiary/aromatic N) is 2. The number of ether oxygens (including phenoxy) is 2. The highest BCUT2D eigenvalue weighted by molar-refractivity contribution is 7.81. The summed E-state index contributed by atoms with van der Waals surface area (Å²) in [5.74, 6) is 1.70. The Morgan fingerprint density at radius 2 is 1.46 bits per heavy atom. The predicted octanol–water partition coefficient (Wildman–Crippen LogP) is 7.22. The molecule has 1 N–H and O–H groups in total. The maximum atomic E-state index is 6.10. The predicted molar refractivity (Wildman–Crippen MR) is 154 cm³/mol. The highest BCUT2D eigenvalue weighted by Crippen LogP contribution is 2.40. The van der Waals surface area contributed by atoms with E-state index in [0.717, 1.165) is 59.8 Å². The number of nitrogens with one attached hydrogen (secondary N) is 1. The van der Waals surface area contributed by atoms with Crippen LogP contribution in [0.1, 0.15) is 24.1 Å². The van der Waals surface area contributed by atoms with Gasteiger partial charge in [-0.15, -0.1) is 0 Å². The molecule has 0 atom stereocenters. The van der Waals surface area contributed by atoms with Gasteiger partial charge in [-0.05, 0) is 78.9 Å². The van der Waals surface area contributed by atoms with Crippen LogP contribution in [0.5, 0.6) is 11.5 Å². The lowest BCUT2D eigenvalue weighted by Gasteiger charge is -2.12. The summed E-state index contributed by atoms with van der Waals surface area (Å²) >= 11 is 6.10. The van der Waals surface area contributed by atoms with E-state index >= 15 is 0 Å². The van der Waals surface area contributed by atoms with E-state index in [-0.39, 0.29) is 0 Å². The quantitative estimate of drug-likeness (QED) is 0.246. The minimum Gasteiger partial charge on any atom is -0.497 e. The molecule has 6 rings (SSSR count). The Morgan fingerprint density at radius 1 is 0.811 bits per heavy atom. The Labute approximate surface area is 222 Å². The van der Waals surface area contributed by atoms with Crippen LogP contribution in [0.15, 0.2) is 85.1 Å². The third-order valence-electron chi connectivity index (χ3n) is 7.15. The second-order valence-electron chi connectivity index (χ2n) is 9.30. The number of hydrogen-bond acceptors (Lipinski definition) is 3. The summed E-state index contributed by atoms with van der Waals surface area (Å²) in [6.07, 6.45) is 5.51. The van der Waals surface area contributed by atoms with Crippen molar-refractivity contribution >= 4 is 28.5 Å². The first-order chi connectivity index (χ1) is 18.2. The molecule has 3 heterocycles. The topological polar surface area (TPSA) is 39.8 Å². The highest BCUT2D eigenvalue weighted by atomic mass is 32.1. The molecule has 0 fully saturated rings. The lowest BCUT2D eigenvalue weighted by molar-refractivity contribution is 0.415. The summed E-state index contributed by atoms with van der Waals surface area (Å²) < 4.78 is 15.6. The van der Waals surface area contributed by atoms with E-state index in [1.54, 1.807) is 14.2 Å². The van der Waals surface area contributed by atoms with Crippen molar-refractivity contribution in [3.8, 4) is 33.9 Å². The number of aryl methyl sites for hydroxylation is 2. The molecule has 0 radical (unpaired) electrons. The van der Waals surface area contributed by atoms with E-state index in [1.165, 1.54) is 22.5 Å². The molecule has 0 aliphatic carbocycles. The van der Waals surface area contributed by atoms with E-state index < -0.39 is 0 Å². The van der Waals surface area contributed by atoms with Gasteiger partial charge in [-0.2, -0.15) is 0 Å². The number of imidazole rings is 1. The number of anilines is 1. The molecule has 0 saturated carbocycles. The van der Waals surface area contributed by atoms with Crippen molar-refractivity contribution in [2.45, 2.75) is 25.8 Å². The minimum atomic E-state index is 0.706. The van der Waals surface area contributed by atoms with Crippen LogP contribution in [0.2, 0.25) is 0 Å². The Balaban J connectivity index is 1.59. The van der Waals surface area contributed by atoms with Gasteiger partial charge in [-0.3, -0.25) is 4.40 Å². The van der Waals surface area contributed by atoms with Crippen LogP contribution in [0.25, 0.3) is 28.0 Å². The van der Waals surface area contributed by atoms with Crippen molar-refractivity contribution in [1.82, 2.24) is 8.97 Å². The fraction of sp³-hybridized carbons (Fsp3) is 0.194. The van der Waals surface area contributed by atoms with Crippen LogP contribution in [0.3, 0.4) is 0 Å². The second kappa shape index (κ2) is 9.79. The van der Waals surface area contributed by atoms with Crippen LogP contribution in [0, 0.1) is 0 Å². The van der Waals surface area contributed by atoms with Crippen molar-refractivity contribution in [2.75, 3.05) is 19.5 Å². The van der Waals surface area contributed by atoms with Crippen molar-refractivity contribution in [1.29, 1.82) is 0 Å². The number of hydrogen-bond donors (Lipinski definition) is 1. The van der Waals surface area contributed by atoms with E-state index in [1.807, 2.05) is 54.6 Å². The van der Waals surface area contributed by atoms with Gasteiger partial charge in [-0.25, -0.2) is 0 Å². The molecule has 5 nitrogen and oxygen atoms in total. The van der Waals surface area contributed by atoms with Gasteiger partial charge < -0.3 is 19.4 Å². The first-order valence-electron chi connectivity index (χ1n) is 12.6. The van der Waals surface area contributed by atoms with Crippen LogP contribution in [-0.2, 0) is 13.0 Å². The molecule has 0 amide bonds. The number of para-hydroxylation sites is 1. The molecule has 1 aliphatic heterocycles. The Kier molecular flexibility index (Phi) is 6.18. The van der Waals surface area contributed by atoms with Crippen LogP contribution in [0.4, 0.5) is 5.69 Å². The zero-order valence-corrected chi connectivity index (χ0v) is 21.8. The third kappa shape index (κ3) is 4.17. The zero-order chi connectivity index (χ0) is 25.4. The smallest absolute Gasteiger partial charge is 0.128 e. The SMILES string of the molecule is COc1ccc(-c2c3c4n(c(-c5ccc(OC)cc5)cn4c2C(=S)Nc2ccccc2)CCCC3)cc1. The number of methoxy groups -OCH3 is 2. The Hall–Kier alpha value is -4.03. The average Bonchev–Trinajstić information content (AvgIpc) is 3.36. The zero-order valence-electron chi connectivity index (χ0n) is 21.0. The normalized spacial score (nSPS) is 12.8. The average molecular weight is 508 g/mol. The first-order valence-corrected chi connectivity index (χ1v) is 13.0. The molecular formula is C31H29N3O2S. The number of aromatic nitrogens is 2. The fourth-order valence-corrected chi connectivity index (χ4v) is 5.70. The molecule has 2 aromatic heterocycles. The summed E-state index contributed by atoms with van der Waals surface area (Å²) in [6.45, 7) is 0.968. The van der Waals surface area contributed by atoms with Crippen molar-refractivity contribution in [3.05, 3.63) is 96.3 Å². The van der Waals surface area contributed by atoms with E-state index in [9.17, 15) is 0 Å². The molecular weight excluding hydrogens is 478 g/mol. The summed E-state index contributed by atoms with van der Waals surface area (Å²) in [5.41, 5.74) is 9.25. The Morgan fingerprint density at radius 3 is 2.11 bits per heavy atom. The minimum absolute atomic E-state index is 0.706. The lowest BCUT2D eigenvalue weighted by atomic mass is 9.98. The monoisotopic (exact) mass is 507 g/mol. The molecule has 0 bridgehead atoms. The molecule has 0 unspecified atom stereocenters. The fourth-order valence-electron chi connectivity index (χ4n) is 5.38. The number of thiocarbonyl (C=S) groups is 1. The second-order valence-corrected chi connectivity index (χ2v) is 9.70. The summed E-state index contributed by atoms with van der Waals surface area (Å²) in [7, 11) is 3.40. The number of rotatable bonds is 6. The van der Waals surface area contributed by atoms with Crippen LogP contribution >= 0.6 is 12.2 Å². The molecule has 3 aromatic carbocycles. The van der Waals surface area contributed by atoms with Gasteiger partial charge in [0.2, 0.25) is 0 Å². The Bertz CT molecular complexity index is 1570. The van der Waals surface area contributed by atoms with E-state index in [2.05, 4.69) is 44.7 Å². The molecule has 1 aliphatic rings. The van der Waals surface area contributed by atoms with E-state index in [4.69, 9.17) is 21.7 Å². The molecule has 186 valence electrons. The number of benzene rings is 3. The first kappa shape index (κ1) is 23.4. The summed E-state index contributed by atoms with van der Waals surface area (Å²) in [5, 5.41) is 3.50. The van der Waals surface area contributed by atoms with Crippen LogP contribution < -0.4 is 14.8 Å². The molecule has 6 heteroatoms. The lowest BCUT2D eigenvalue weighted by Crippen LogP contribution is -2.14. The van der Waals surface area contributed by atoms with Gasteiger partial charge in [0.15, 0.2) is 0 Å². The van der Waals surface area contributed by atoms with Crippen molar-refractivity contribution in [3.63, 3.8) is 0 Å². The van der Waals surface area contributed by atoms with Gasteiger partial charge in [0, 0.05) is 29.6 Å². The summed E-state index contributed by atoms with van der Waals surface area (Å²) in [6, 6.07) is 26.8. The molecule has 5 aromatic rings. The molecule has 37 heavy (non-hydrogen) atoms. The third-order valence-corrected chi connectivity index (χ3v) is 7.44. The maximum absolute atomic E-state index is 6.10. The van der Waals surface area contributed by atoms with Crippen molar-refractivity contribution in [2.24, 2.45) is 0 Å². The maximum Gasteiger partial charge on any atom is 0.128 e. The standard InChI is InChI=1S/C31H29N3O2S/c1-35-24-15-11-21(12-16-24)27-20-34-29(30(37)32-23-8-4-3-5-9-23)28(22-13-17-25(36-2)18-14-22)26-10-6-7-19-33(27)31(26)34/h3-5,8-9,11-18,20H,6-7,10,19H2,1-2H3,(H,32,37). The van der Waals surface area contributed by atoms with Crippen LogP contribution in [-0.4, -0.2) is 28.2 Å². The van der Waals surface area contributed by atoms with Gasteiger partial charge in [0.25, 0.3) is 0 Å². The largest absolute Gasteiger partial charge is 0.497 e. The van der Waals surface area contributed by atoms with Gasteiger partial charge in [-0.1, -0.05) is 42.5 Å². The molecule has 0 saturated heterocycles. The van der Waals surface area contributed by atoms with Gasteiger partial charge >= 0.3 is 0 Å². The van der Waals surface area contributed by atoms with Crippen molar-refractivity contribution < 1.29 is 9.47 Å². The van der Waals surface area contributed by atoms with Gasteiger partial charge in [0.05, 0.1) is 25.6 Å². The molecule has 0 spiro atoms. The highest BCUT2D eigenvalue weighted by Gasteiger charge is 2.28. The summed E-state index contributed by atoms with van der Waals surface area (Å²) in [4.78, 5) is 0.706. The van der Waals surface area contributed by atoms with Gasteiger partial charge in [0.1, 0.15) is 22.1 Å². The van der Waals surface area contributed by atoms with E-state index in [0.29, 0.717) is 4.99 Å².